The number of piperidine rings is 1. The first-order valence-electron chi connectivity index (χ1n) is 10.2. The van der Waals surface area contributed by atoms with E-state index in [0.29, 0.717) is 11.7 Å². The third-order valence-electron chi connectivity index (χ3n) is 6.27. The summed E-state index contributed by atoms with van der Waals surface area (Å²) >= 11 is 0. The number of hydrogen-bond donors (Lipinski definition) is 1. The summed E-state index contributed by atoms with van der Waals surface area (Å²) in [5, 5.41) is 9.74. The summed E-state index contributed by atoms with van der Waals surface area (Å²) in [7, 11) is 0. The summed E-state index contributed by atoms with van der Waals surface area (Å²) in [6.45, 7) is 6.40. The van der Waals surface area contributed by atoms with Crippen LogP contribution in [0, 0.1) is 6.92 Å². The number of nitrogens with zero attached hydrogens (tertiary/aromatic N) is 3. The van der Waals surface area contributed by atoms with Crippen molar-refractivity contribution in [1.82, 2.24) is 14.5 Å². The topological polar surface area (TPSA) is 41.3 Å². The number of likely N-dealkylation sites (tertiary alicyclic amines) is 1. The van der Waals surface area contributed by atoms with Crippen LogP contribution in [0.5, 0.6) is 5.75 Å². The third-order valence-corrected chi connectivity index (χ3v) is 6.27. The predicted molar refractivity (Wildman–Crippen MR) is 108 cm³/mol. The average Bonchev–Trinajstić information content (AvgIpc) is 3.01. The van der Waals surface area contributed by atoms with Crippen LogP contribution in [0.15, 0.2) is 36.4 Å². The van der Waals surface area contributed by atoms with E-state index in [-0.39, 0.29) is 0 Å². The molecule has 27 heavy (non-hydrogen) atoms. The van der Waals surface area contributed by atoms with Crippen molar-refractivity contribution >= 4 is 11.0 Å². The van der Waals surface area contributed by atoms with Crippen LogP contribution in [0.25, 0.3) is 11.0 Å². The van der Waals surface area contributed by atoms with E-state index in [9.17, 15) is 5.11 Å². The molecule has 0 bridgehead atoms. The fraction of sp³-hybridized carbons (Fsp3) is 0.435. The number of phenols is 1. The molecular weight excluding hydrogens is 334 g/mol. The Morgan fingerprint density at radius 1 is 1.11 bits per heavy atom. The van der Waals surface area contributed by atoms with Crippen LogP contribution in [0.2, 0.25) is 0 Å². The molecular formula is C23H27N3O. The van der Waals surface area contributed by atoms with E-state index in [1.807, 2.05) is 12.1 Å². The standard InChI is InChI=1S/C23H27N3O/c1-16-12-19-5-3-9-26-22(24-21(13-16)23(19)26)15-25-10-7-17(8-11-25)18-4-2-6-20(27)14-18/h2,4,6,12-14,17,27H,3,5,7-11,15H2,1H3. The lowest BCUT2D eigenvalue weighted by molar-refractivity contribution is 0.198. The Hall–Kier alpha value is -2.33. The minimum absolute atomic E-state index is 0.379. The monoisotopic (exact) mass is 361 g/mol. The molecule has 0 atom stereocenters. The number of aryl methyl sites for hydroxylation is 3. The average molecular weight is 361 g/mol. The smallest absolute Gasteiger partial charge is 0.124 e. The van der Waals surface area contributed by atoms with Gasteiger partial charge in [-0.05, 0) is 86.5 Å². The first-order chi connectivity index (χ1) is 13.2. The number of imidazole rings is 1. The van der Waals surface area contributed by atoms with Gasteiger partial charge in [0.15, 0.2) is 0 Å². The van der Waals surface area contributed by atoms with Gasteiger partial charge in [-0.1, -0.05) is 18.2 Å². The molecule has 4 heteroatoms. The Bertz CT molecular complexity index is 983. The molecule has 3 aromatic rings. The molecule has 1 saturated heterocycles. The lowest BCUT2D eigenvalue weighted by Gasteiger charge is -2.32. The molecule has 5 rings (SSSR count). The number of aromatic nitrogens is 2. The zero-order valence-electron chi connectivity index (χ0n) is 16.0. The highest BCUT2D eigenvalue weighted by atomic mass is 16.3. The van der Waals surface area contributed by atoms with Gasteiger partial charge in [-0.15, -0.1) is 0 Å². The molecule has 0 radical (unpaired) electrons. The Balaban J connectivity index is 1.33. The van der Waals surface area contributed by atoms with E-state index in [0.717, 1.165) is 39.0 Å². The molecule has 1 fully saturated rings. The quantitative estimate of drug-likeness (QED) is 0.753. The highest BCUT2D eigenvalue weighted by Crippen LogP contribution is 2.32. The molecule has 2 aliphatic rings. The van der Waals surface area contributed by atoms with Crippen molar-refractivity contribution < 1.29 is 5.11 Å². The molecule has 0 aliphatic carbocycles. The summed E-state index contributed by atoms with van der Waals surface area (Å²) in [6.07, 6.45) is 4.69. The van der Waals surface area contributed by atoms with E-state index in [1.165, 1.54) is 46.4 Å². The second-order valence-electron chi connectivity index (χ2n) is 8.22. The van der Waals surface area contributed by atoms with E-state index in [2.05, 4.69) is 34.6 Å². The van der Waals surface area contributed by atoms with Crippen molar-refractivity contribution in [3.63, 3.8) is 0 Å². The molecule has 0 amide bonds. The maximum atomic E-state index is 9.74. The molecule has 140 valence electrons. The van der Waals surface area contributed by atoms with Crippen molar-refractivity contribution in [3.05, 3.63) is 58.9 Å². The van der Waals surface area contributed by atoms with E-state index >= 15 is 0 Å². The Kier molecular flexibility index (Phi) is 4.16. The van der Waals surface area contributed by atoms with Gasteiger partial charge in [-0.25, -0.2) is 4.98 Å². The van der Waals surface area contributed by atoms with Gasteiger partial charge in [0.2, 0.25) is 0 Å². The van der Waals surface area contributed by atoms with Crippen molar-refractivity contribution in [2.24, 2.45) is 0 Å². The first kappa shape index (κ1) is 16.8. The van der Waals surface area contributed by atoms with Gasteiger partial charge >= 0.3 is 0 Å². The Morgan fingerprint density at radius 2 is 1.96 bits per heavy atom. The van der Waals surface area contributed by atoms with Crippen LogP contribution in [0.4, 0.5) is 0 Å². The third kappa shape index (κ3) is 3.12. The zero-order chi connectivity index (χ0) is 18.4. The maximum absolute atomic E-state index is 9.74. The molecule has 0 saturated carbocycles. The highest BCUT2D eigenvalue weighted by Gasteiger charge is 2.24. The maximum Gasteiger partial charge on any atom is 0.124 e. The largest absolute Gasteiger partial charge is 0.508 e. The van der Waals surface area contributed by atoms with Crippen molar-refractivity contribution in [2.45, 2.75) is 51.6 Å². The van der Waals surface area contributed by atoms with Crippen molar-refractivity contribution in [2.75, 3.05) is 13.1 Å². The van der Waals surface area contributed by atoms with Crippen LogP contribution >= 0.6 is 0 Å². The SMILES string of the molecule is Cc1cc2c3c(c1)nc(CN1CCC(c4cccc(O)c4)CC1)n3CCC2. The lowest BCUT2D eigenvalue weighted by atomic mass is 9.89. The van der Waals surface area contributed by atoms with Gasteiger partial charge in [0.25, 0.3) is 0 Å². The molecule has 1 aromatic heterocycles. The normalized spacial score (nSPS) is 18.3. The summed E-state index contributed by atoms with van der Waals surface area (Å²) in [5.41, 5.74) is 6.61. The van der Waals surface area contributed by atoms with Gasteiger partial charge in [-0.2, -0.15) is 0 Å². The molecule has 1 N–H and O–H groups in total. The zero-order valence-corrected chi connectivity index (χ0v) is 16.0. The summed E-state index contributed by atoms with van der Waals surface area (Å²) in [4.78, 5) is 7.56. The first-order valence-corrected chi connectivity index (χ1v) is 10.2. The number of rotatable bonds is 3. The second kappa shape index (κ2) is 6.68. The summed E-state index contributed by atoms with van der Waals surface area (Å²) in [5.74, 6) is 2.16. The fourth-order valence-corrected chi connectivity index (χ4v) is 4.94. The molecule has 2 aliphatic heterocycles. The fourth-order valence-electron chi connectivity index (χ4n) is 4.94. The predicted octanol–water partition coefficient (Wildman–Crippen LogP) is 4.38. The number of phenolic OH excluding ortho intramolecular Hbond substituents is 1. The van der Waals surface area contributed by atoms with Crippen LogP contribution in [-0.2, 0) is 19.5 Å². The summed E-state index contributed by atoms with van der Waals surface area (Å²) < 4.78 is 2.47. The molecule has 0 spiro atoms. The molecule has 2 aromatic carbocycles. The van der Waals surface area contributed by atoms with E-state index < -0.39 is 0 Å². The lowest BCUT2D eigenvalue weighted by Crippen LogP contribution is -2.33. The van der Waals surface area contributed by atoms with E-state index in [1.54, 1.807) is 6.07 Å². The van der Waals surface area contributed by atoms with E-state index in [4.69, 9.17) is 4.98 Å². The van der Waals surface area contributed by atoms with Crippen LogP contribution in [0.1, 0.15) is 47.7 Å². The van der Waals surface area contributed by atoms with Gasteiger partial charge < -0.3 is 9.67 Å². The Morgan fingerprint density at radius 3 is 2.78 bits per heavy atom. The minimum atomic E-state index is 0.379. The number of hydrogen-bond acceptors (Lipinski definition) is 3. The molecule has 3 heterocycles. The van der Waals surface area contributed by atoms with Crippen LogP contribution in [-0.4, -0.2) is 32.6 Å². The van der Waals surface area contributed by atoms with Gasteiger partial charge in [0, 0.05) is 6.54 Å². The number of benzene rings is 2. The minimum Gasteiger partial charge on any atom is -0.508 e. The van der Waals surface area contributed by atoms with Crippen molar-refractivity contribution in [3.8, 4) is 5.75 Å². The summed E-state index contributed by atoms with van der Waals surface area (Å²) in [6, 6.07) is 12.4. The second-order valence-corrected chi connectivity index (χ2v) is 8.22. The van der Waals surface area contributed by atoms with Gasteiger partial charge in [0.05, 0.1) is 17.6 Å². The Labute approximate surface area is 160 Å². The van der Waals surface area contributed by atoms with Gasteiger partial charge in [0.1, 0.15) is 11.6 Å². The van der Waals surface area contributed by atoms with Crippen LogP contribution < -0.4 is 0 Å². The van der Waals surface area contributed by atoms with Crippen LogP contribution in [0.3, 0.4) is 0 Å². The molecule has 4 nitrogen and oxygen atoms in total. The number of aromatic hydroxyl groups is 1. The van der Waals surface area contributed by atoms with Crippen molar-refractivity contribution in [1.29, 1.82) is 0 Å². The highest BCUT2D eigenvalue weighted by molar-refractivity contribution is 5.81. The van der Waals surface area contributed by atoms with Gasteiger partial charge in [-0.3, -0.25) is 4.90 Å². The molecule has 0 unspecified atom stereocenters.